The van der Waals surface area contributed by atoms with Crippen molar-refractivity contribution in [1.82, 2.24) is 24.7 Å². The van der Waals surface area contributed by atoms with Crippen LogP contribution in [-0.2, 0) is 16.1 Å². The number of fused-ring (bicyclic) bond motifs is 2. The van der Waals surface area contributed by atoms with Crippen molar-refractivity contribution in [2.45, 2.75) is 26.4 Å². The molecule has 2 aromatic carbocycles. The first kappa shape index (κ1) is 23.2. The molecular formula is C26H20N6O3S. The number of nitrogens with zero attached hydrogens (tertiary/aromatic N) is 6. The number of rotatable bonds is 4. The lowest BCUT2D eigenvalue weighted by Gasteiger charge is -2.16. The Kier molecular flexibility index (Phi) is 6.20. The Morgan fingerprint density at radius 3 is 2.61 bits per heavy atom. The van der Waals surface area contributed by atoms with Gasteiger partial charge in [-0.1, -0.05) is 24.3 Å². The molecule has 1 amide bonds. The molecule has 10 heteroatoms. The van der Waals surface area contributed by atoms with Crippen molar-refractivity contribution in [2.75, 3.05) is 4.90 Å². The maximum Gasteiger partial charge on any atom is 0.373 e. The fourth-order valence-electron chi connectivity index (χ4n) is 4.20. The van der Waals surface area contributed by atoms with Crippen LogP contribution in [0.5, 0.6) is 0 Å². The number of amides is 1. The third kappa shape index (κ3) is 4.19. The molecule has 0 bridgehead atoms. The van der Waals surface area contributed by atoms with E-state index < -0.39 is 0 Å². The minimum absolute atomic E-state index is 0.0410. The number of pyridine rings is 1. The van der Waals surface area contributed by atoms with E-state index in [1.807, 2.05) is 46.5 Å². The highest BCUT2D eigenvalue weighted by molar-refractivity contribution is 7.16. The summed E-state index contributed by atoms with van der Waals surface area (Å²) in [6.07, 6.45) is 1.95. The monoisotopic (exact) mass is 496 g/mol. The molecule has 0 atom stereocenters. The fraction of sp³-hybridized carbons (Fsp3) is 0.154. The van der Waals surface area contributed by atoms with Gasteiger partial charge in [-0.2, -0.15) is 9.59 Å². The Morgan fingerprint density at radius 1 is 1.03 bits per heavy atom. The van der Waals surface area contributed by atoms with Crippen LogP contribution in [0.1, 0.15) is 35.8 Å². The minimum atomic E-state index is -0.0410. The Labute approximate surface area is 210 Å². The van der Waals surface area contributed by atoms with Gasteiger partial charge in [0.15, 0.2) is 5.82 Å². The second kappa shape index (κ2) is 9.61. The quantitative estimate of drug-likeness (QED) is 0.352. The number of thiazole rings is 1. The van der Waals surface area contributed by atoms with Crippen LogP contribution in [0.25, 0.3) is 32.9 Å². The molecule has 5 aromatic rings. The van der Waals surface area contributed by atoms with Crippen LogP contribution in [-0.4, -0.2) is 36.8 Å². The molecule has 36 heavy (non-hydrogen) atoms. The van der Waals surface area contributed by atoms with Gasteiger partial charge in [-0.25, -0.2) is 9.97 Å². The summed E-state index contributed by atoms with van der Waals surface area (Å²) >= 11 is 1.62. The normalized spacial score (nSPS) is 12.4. The number of benzene rings is 2. The maximum absolute atomic E-state index is 13.4. The van der Waals surface area contributed by atoms with Crippen molar-refractivity contribution < 1.29 is 14.4 Å². The number of carbonyl (C=O) groups is 1. The van der Waals surface area contributed by atoms with Gasteiger partial charge in [-0.05, 0) is 60.9 Å². The number of carbonyl (C=O) groups excluding carboxylic acids is 3. The molecule has 4 heterocycles. The van der Waals surface area contributed by atoms with Gasteiger partial charge in [0.2, 0.25) is 0 Å². The zero-order valence-corrected chi connectivity index (χ0v) is 20.3. The smallest absolute Gasteiger partial charge is 0.310 e. The summed E-state index contributed by atoms with van der Waals surface area (Å²) in [6.45, 7) is 4.64. The van der Waals surface area contributed by atoms with E-state index >= 15 is 0 Å². The predicted octanol–water partition coefficient (Wildman–Crippen LogP) is 4.77. The van der Waals surface area contributed by atoms with Crippen LogP contribution in [0, 0.1) is 0 Å². The molecule has 0 unspecified atom stereocenters. The van der Waals surface area contributed by atoms with E-state index in [2.05, 4.69) is 47.2 Å². The molecule has 0 radical (unpaired) electrons. The molecule has 0 N–H and O–H groups in total. The second-order valence-corrected chi connectivity index (χ2v) is 9.30. The Morgan fingerprint density at radius 2 is 1.81 bits per heavy atom. The molecule has 3 aromatic heterocycles. The second-order valence-electron chi connectivity index (χ2n) is 8.42. The minimum Gasteiger partial charge on any atom is -0.310 e. The zero-order chi connectivity index (χ0) is 25.2. The van der Waals surface area contributed by atoms with Crippen molar-refractivity contribution in [1.29, 1.82) is 0 Å². The molecule has 0 saturated carbocycles. The van der Waals surface area contributed by atoms with Crippen molar-refractivity contribution in [3.05, 3.63) is 77.6 Å². The van der Waals surface area contributed by atoms with Gasteiger partial charge < -0.3 is 4.57 Å². The number of anilines is 1. The van der Waals surface area contributed by atoms with E-state index in [0.717, 1.165) is 32.5 Å². The van der Waals surface area contributed by atoms with Gasteiger partial charge in [-0.3, -0.25) is 9.69 Å². The van der Waals surface area contributed by atoms with Crippen molar-refractivity contribution in [3.8, 4) is 22.6 Å². The highest BCUT2D eigenvalue weighted by Gasteiger charge is 2.30. The third-order valence-electron chi connectivity index (χ3n) is 5.95. The summed E-state index contributed by atoms with van der Waals surface area (Å²) in [7, 11) is 0. The third-order valence-corrected chi connectivity index (χ3v) is 6.74. The van der Waals surface area contributed by atoms with E-state index in [0.29, 0.717) is 23.9 Å². The average Bonchev–Trinajstić information content (AvgIpc) is 3.63. The standard InChI is InChI=1S/C25H20N6OS.CO2/c1-15(2)31-13-27-29-24(31)21-4-3-5-23(28-21)30-12-18-7-6-16(10-19(18)25(30)32)17-8-9-20-22(11-17)33-14-26-20;2-1-3/h3-11,13-15H,12H2,1-2H3;. The van der Waals surface area contributed by atoms with E-state index in [1.165, 1.54) is 0 Å². The van der Waals surface area contributed by atoms with Gasteiger partial charge in [-0.15, -0.1) is 21.5 Å². The van der Waals surface area contributed by atoms with Crippen LogP contribution in [0.2, 0.25) is 0 Å². The van der Waals surface area contributed by atoms with Gasteiger partial charge in [0.1, 0.15) is 17.8 Å². The van der Waals surface area contributed by atoms with Crippen LogP contribution in [0.3, 0.4) is 0 Å². The van der Waals surface area contributed by atoms with Gasteiger partial charge >= 0.3 is 6.15 Å². The van der Waals surface area contributed by atoms with Crippen LogP contribution < -0.4 is 4.90 Å². The van der Waals surface area contributed by atoms with Crippen LogP contribution in [0.4, 0.5) is 5.82 Å². The Hall–Kier alpha value is -4.53. The van der Waals surface area contributed by atoms with Crippen molar-refractivity contribution in [3.63, 3.8) is 0 Å². The average molecular weight is 497 g/mol. The lowest BCUT2D eigenvalue weighted by atomic mass is 10.0. The van der Waals surface area contributed by atoms with Crippen LogP contribution in [0.15, 0.2) is 66.4 Å². The summed E-state index contributed by atoms with van der Waals surface area (Å²) in [4.78, 5) is 40.4. The first-order valence-corrected chi connectivity index (χ1v) is 12.0. The SMILES string of the molecule is CC(C)n1cnnc1-c1cccc(N2Cc3ccc(-c4ccc5ncsc5c4)cc3C2=O)n1.O=C=O. The summed E-state index contributed by atoms with van der Waals surface area (Å²) in [5.74, 6) is 1.26. The molecule has 6 rings (SSSR count). The summed E-state index contributed by atoms with van der Waals surface area (Å²) in [5.41, 5.74) is 7.35. The first-order chi connectivity index (χ1) is 17.5. The predicted molar refractivity (Wildman–Crippen MR) is 134 cm³/mol. The zero-order valence-electron chi connectivity index (χ0n) is 19.5. The lowest BCUT2D eigenvalue weighted by Crippen LogP contribution is -2.24. The first-order valence-electron chi connectivity index (χ1n) is 11.1. The number of hydrogen-bond acceptors (Lipinski definition) is 8. The molecule has 0 spiro atoms. The lowest BCUT2D eigenvalue weighted by molar-refractivity contribution is -0.191. The van der Waals surface area contributed by atoms with Crippen molar-refractivity contribution in [2.24, 2.45) is 0 Å². The molecule has 1 aliphatic rings. The molecule has 0 saturated heterocycles. The molecule has 0 fully saturated rings. The van der Waals surface area contributed by atoms with Crippen molar-refractivity contribution >= 4 is 39.4 Å². The fourth-order valence-corrected chi connectivity index (χ4v) is 4.92. The molecule has 0 aliphatic carbocycles. The highest BCUT2D eigenvalue weighted by Crippen LogP contribution is 2.33. The summed E-state index contributed by atoms with van der Waals surface area (Å²) in [5, 5.41) is 8.28. The molecule has 1 aliphatic heterocycles. The maximum atomic E-state index is 13.4. The Bertz CT molecular complexity index is 1620. The van der Waals surface area contributed by atoms with E-state index in [-0.39, 0.29) is 18.1 Å². The molecule has 178 valence electrons. The molecule has 9 nitrogen and oxygen atoms in total. The molecular weight excluding hydrogens is 476 g/mol. The van der Waals surface area contributed by atoms with E-state index in [4.69, 9.17) is 14.6 Å². The van der Waals surface area contributed by atoms with Gasteiger partial charge in [0.05, 0.1) is 22.3 Å². The van der Waals surface area contributed by atoms with Gasteiger partial charge in [0.25, 0.3) is 5.91 Å². The summed E-state index contributed by atoms with van der Waals surface area (Å²) in [6, 6.07) is 18.2. The largest absolute Gasteiger partial charge is 0.373 e. The van der Waals surface area contributed by atoms with Crippen LogP contribution >= 0.6 is 11.3 Å². The number of aromatic nitrogens is 5. The highest BCUT2D eigenvalue weighted by atomic mass is 32.1. The van der Waals surface area contributed by atoms with E-state index in [9.17, 15) is 4.79 Å². The Balaban J connectivity index is 0.000000848. The van der Waals surface area contributed by atoms with E-state index in [1.54, 1.807) is 22.6 Å². The van der Waals surface area contributed by atoms with Gasteiger partial charge in [0, 0.05) is 11.6 Å². The summed E-state index contributed by atoms with van der Waals surface area (Å²) < 4.78 is 3.11. The number of hydrogen-bond donors (Lipinski definition) is 0. The topological polar surface area (TPSA) is 111 Å².